The first-order valence-corrected chi connectivity index (χ1v) is 7.68. The number of terminal acetylenes is 1. The molecule has 1 saturated carbocycles. The predicted octanol–water partition coefficient (Wildman–Crippen LogP) is 1.77. The lowest BCUT2D eigenvalue weighted by atomic mass is 10.3. The molecule has 0 atom stereocenters. The molecule has 6 nitrogen and oxygen atoms in total. The lowest BCUT2D eigenvalue weighted by Gasteiger charge is -2.19. The number of sulfonamides is 1. The Labute approximate surface area is 121 Å². The summed E-state index contributed by atoms with van der Waals surface area (Å²) in [6.45, 7) is 0.00955. The standard InChI is InChI=1S/C13H13FN2O4S/c1-2-7-15(9-10-3-4-10)21(19,20)13-8-11(16(17)18)5-6-12(13)14/h1,5-6,8,10H,3-4,7,9H2. The van der Waals surface area contributed by atoms with E-state index < -0.39 is 31.3 Å². The first-order chi connectivity index (χ1) is 9.86. The minimum absolute atomic E-state index is 0.193. The maximum Gasteiger partial charge on any atom is 0.270 e. The van der Waals surface area contributed by atoms with E-state index in [1.54, 1.807) is 0 Å². The average Bonchev–Trinajstić information content (AvgIpc) is 3.22. The van der Waals surface area contributed by atoms with E-state index in [1.807, 2.05) is 0 Å². The molecule has 1 aliphatic rings. The van der Waals surface area contributed by atoms with E-state index in [4.69, 9.17) is 6.42 Å². The normalized spacial score (nSPS) is 14.9. The second kappa shape index (κ2) is 5.79. The van der Waals surface area contributed by atoms with E-state index in [-0.39, 0.29) is 19.0 Å². The topological polar surface area (TPSA) is 80.5 Å². The second-order valence-electron chi connectivity index (χ2n) is 4.82. The van der Waals surface area contributed by atoms with E-state index in [0.717, 1.165) is 35.3 Å². The van der Waals surface area contributed by atoms with Crippen LogP contribution in [0.2, 0.25) is 0 Å². The van der Waals surface area contributed by atoms with Crippen molar-refractivity contribution in [2.24, 2.45) is 5.92 Å². The zero-order chi connectivity index (χ0) is 15.6. The molecular formula is C13H13FN2O4S. The Kier molecular flexibility index (Phi) is 4.25. The third-order valence-electron chi connectivity index (χ3n) is 3.17. The van der Waals surface area contributed by atoms with Crippen molar-refractivity contribution in [2.75, 3.05) is 13.1 Å². The van der Waals surface area contributed by atoms with Crippen LogP contribution in [0.25, 0.3) is 0 Å². The van der Waals surface area contributed by atoms with Gasteiger partial charge in [-0.15, -0.1) is 6.42 Å². The molecule has 21 heavy (non-hydrogen) atoms. The summed E-state index contributed by atoms with van der Waals surface area (Å²) in [6, 6.07) is 2.41. The Balaban J connectivity index is 2.43. The van der Waals surface area contributed by atoms with Crippen LogP contribution in [0.5, 0.6) is 0 Å². The van der Waals surface area contributed by atoms with Crippen molar-refractivity contribution in [3.05, 3.63) is 34.1 Å². The fourth-order valence-electron chi connectivity index (χ4n) is 1.88. The van der Waals surface area contributed by atoms with Gasteiger partial charge < -0.3 is 0 Å². The highest BCUT2D eigenvalue weighted by Gasteiger charge is 2.33. The number of nitro groups is 1. The molecule has 0 radical (unpaired) electrons. The van der Waals surface area contributed by atoms with Crippen molar-refractivity contribution < 1.29 is 17.7 Å². The molecule has 0 bridgehead atoms. The third kappa shape index (κ3) is 3.37. The molecule has 0 N–H and O–H groups in total. The van der Waals surface area contributed by atoms with Gasteiger partial charge in [0, 0.05) is 18.7 Å². The van der Waals surface area contributed by atoms with Crippen LogP contribution in [0, 0.1) is 34.2 Å². The van der Waals surface area contributed by atoms with Gasteiger partial charge in [-0.05, 0) is 24.8 Å². The third-order valence-corrected chi connectivity index (χ3v) is 5.00. The Morgan fingerprint density at radius 2 is 2.14 bits per heavy atom. The van der Waals surface area contributed by atoms with Crippen molar-refractivity contribution in [2.45, 2.75) is 17.7 Å². The highest BCUT2D eigenvalue weighted by atomic mass is 32.2. The molecule has 1 aliphatic carbocycles. The Bertz CT molecular complexity index is 707. The van der Waals surface area contributed by atoms with E-state index in [9.17, 15) is 22.9 Å². The van der Waals surface area contributed by atoms with Crippen LogP contribution in [0.4, 0.5) is 10.1 Å². The Morgan fingerprint density at radius 1 is 1.48 bits per heavy atom. The average molecular weight is 312 g/mol. The first-order valence-electron chi connectivity index (χ1n) is 6.24. The van der Waals surface area contributed by atoms with Crippen LogP contribution >= 0.6 is 0 Å². The molecule has 0 spiro atoms. The number of halogens is 1. The zero-order valence-corrected chi connectivity index (χ0v) is 11.8. The van der Waals surface area contributed by atoms with E-state index in [1.165, 1.54) is 0 Å². The van der Waals surface area contributed by atoms with Gasteiger partial charge in [0.25, 0.3) is 5.69 Å². The second-order valence-corrected chi connectivity index (χ2v) is 6.72. The predicted molar refractivity (Wildman–Crippen MR) is 73.4 cm³/mol. The molecule has 0 heterocycles. The number of hydrogen-bond acceptors (Lipinski definition) is 4. The Hall–Kier alpha value is -1.98. The summed E-state index contributed by atoms with van der Waals surface area (Å²) in [5.41, 5.74) is -0.484. The fourth-order valence-corrected chi connectivity index (χ4v) is 3.39. The summed E-state index contributed by atoms with van der Waals surface area (Å²) in [4.78, 5) is 9.23. The smallest absolute Gasteiger partial charge is 0.258 e. The molecule has 112 valence electrons. The molecule has 1 aromatic carbocycles. The molecule has 0 unspecified atom stereocenters. The summed E-state index contributed by atoms with van der Waals surface area (Å²) < 4.78 is 39.7. The number of nitro benzene ring substituents is 1. The van der Waals surface area contributed by atoms with Crippen molar-refractivity contribution in [3.8, 4) is 12.3 Å². The molecule has 0 amide bonds. The number of benzene rings is 1. The lowest BCUT2D eigenvalue weighted by molar-refractivity contribution is -0.385. The van der Waals surface area contributed by atoms with Gasteiger partial charge in [-0.25, -0.2) is 12.8 Å². The van der Waals surface area contributed by atoms with E-state index >= 15 is 0 Å². The first kappa shape index (κ1) is 15.4. The molecule has 0 aliphatic heterocycles. The minimum atomic E-state index is -4.19. The quantitative estimate of drug-likeness (QED) is 0.455. The minimum Gasteiger partial charge on any atom is -0.258 e. The van der Waals surface area contributed by atoms with Gasteiger partial charge in [0.2, 0.25) is 10.0 Å². The molecular weight excluding hydrogens is 299 g/mol. The maximum atomic E-state index is 13.8. The number of hydrogen-bond donors (Lipinski definition) is 0. The summed E-state index contributed by atoms with van der Waals surface area (Å²) in [5.74, 6) is 1.41. The fraction of sp³-hybridized carbons (Fsp3) is 0.385. The van der Waals surface area contributed by atoms with E-state index in [0.29, 0.717) is 0 Å². The molecule has 2 rings (SSSR count). The van der Waals surface area contributed by atoms with Gasteiger partial charge in [0.1, 0.15) is 10.7 Å². The van der Waals surface area contributed by atoms with Gasteiger partial charge in [-0.3, -0.25) is 10.1 Å². The van der Waals surface area contributed by atoms with Gasteiger partial charge in [-0.1, -0.05) is 5.92 Å². The number of non-ortho nitro benzene ring substituents is 1. The molecule has 1 fully saturated rings. The zero-order valence-electron chi connectivity index (χ0n) is 11.0. The number of nitrogens with zero attached hydrogens (tertiary/aromatic N) is 2. The summed E-state index contributed by atoms with van der Waals surface area (Å²) in [6.07, 6.45) is 6.95. The monoisotopic (exact) mass is 312 g/mol. The van der Waals surface area contributed by atoms with Crippen molar-refractivity contribution in [3.63, 3.8) is 0 Å². The van der Waals surface area contributed by atoms with Crippen LogP contribution < -0.4 is 0 Å². The van der Waals surface area contributed by atoms with Gasteiger partial charge in [0.15, 0.2) is 0 Å². The summed E-state index contributed by atoms with van der Waals surface area (Å²) in [5, 5.41) is 10.7. The number of rotatable bonds is 6. The lowest BCUT2D eigenvalue weighted by Crippen LogP contribution is -2.34. The van der Waals surface area contributed by atoms with Crippen LogP contribution in [0.15, 0.2) is 23.1 Å². The highest BCUT2D eigenvalue weighted by Crippen LogP contribution is 2.32. The van der Waals surface area contributed by atoms with Crippen LogP contribution in [-0.2, 0) is 10.0 Å². The molecule has 1 aromatic rings. The van der Waals surface area contributed by atoms with Gasteiger partial charge in [-0.2, -0.15) is 4.31 Å². The largest absolute Gasteiger partial charge is 0.270 e. The van der Waals surface area contributed by atoms with Crippen molar-refractivity contribution in [1.29, 1.82) is 0 Å². The Morgan fingerprint density at radius 3 is 2.67 bits per heavy atom. The van der Waals surface area contributed by atoms with Crippen LogP contribution in [0.3, 0.4) is 0 Å². The maximum absolute atomic E-state index is 13.8. The van der Waals surface area contributed by atoms with Crippen molar-refractivity contribution >= 4 is 15.7 Å². The molecule has 8 heteroatoms. The summed E-state index contributed by atoms with van der Waals surface area (Å²) in [7, 11) is -4.19. The van der Waals surface area contributed by atoms with Crippen LogP contribution in [-0.4, -0.2) is 30.7 Å². The molecule has 0 saturated heterocycles. The van der Waals surface area contributed by atoms with Gasteiger partial charge >= 0.3 is 0 Å². The van der Waals surface area contributed by atoms with Crippen molar-refractivity contribution in [1.82, 2.24) is 4.31 Å². The van der Waals surface area contributed by atoms with Gasteiger partial charge in [0.05, 0.1) is 11.5 Å². The van der Waals surface area contributed by atoms with Crippen LogP contribution in [0.1, 0.15) is 12.8 Å². The SMILES string of the molecule is C#CCN(CC1CC1)S(=O)(=O)c1cc([N+](=O)[O-])ccc1F. The molecule has 0 aromatic heterocycles. The summed E-state index contributed by atoms with van der Waals surface area (Å²) >= 11 is 0. The highest BCUT2D eigenvalue weighted by molar-refractivity contribution is 7.89. The van der Waals surface area contributed by atoms with E-state index in [2.05, 4.69) is 5.92 Å².